The minimum Gasteiger partial charge on any atom is -0.458 e. The maximum absolute atomic E-state index is 12.2. The largest absolute Gasteiger partial charge is 0.471 e. The van der Waals surface area contributed by atoms with Gasteiger partial charge in [-0.2, -0.15) is 13.2 Å². The lowest BCUT2D eigenvalue weighted by Gasteiger charge is -2.27. The number of carbonyl (C=O) groups is 2. The summed E-state index contributed by atoms with van der Waals surface area (Å²) in [6.45, 7) is 7.21. The second kappa shape index (κ2) is 6.74. The summed E-state index contributed by atoms with van der Waals surface area (Å²) in [4.78, 5) is 22.7. The molecule has 0 heterocycles. The van der Waals surface area contributed by atoms with E-state index in [0.717, 1.165) is 6.08 Å². The Hall–Kier alpha value is -1.57. The number of nitrogens with one attached hydrogen (secondary N) is 1. The van der Waals surface area contributed by atoms with Crippen molar-refractivity contribution in [2.24, 2.45) is 5.92 Å². The van der Waals surface area contributed by atoms with Gasteiger partial charge < -0.3 is 15.2 Å². The van der Waals surface area contributed by atoms with Gasteiger partial charge in [-0.05, 0) is 20.8 Å². The molecular formula is C12H18F3NO4. The Morgan fingerprint density at radius 3 is 2.15 bits per heavy atom. The van der Waals surface area contributed by atoms with Crippen molar-refractivity contribution < 1.29 is 32.6 Å². The first-order chi connectivity index (χ1) is 8.92. The Bertz CT molecular complexity index is 374. The van der Waals surface area contributed by atoms with E-state index >= 15 is 0 Å². The van der Waals surface area contributed by atoms with Crippen molar-refractivity contribution in [3.63, 3.8) is 0 Å². The molecule has 0 aromatic heterocycles. The standard InChI is InChI=1S/C12H18F3NO4/c1-5-7(6-17)8(9(18)20-11(2,3)4)16-10(19)12(13,14)15/h5,7-8,17H,1,6H2,2-4H3,(H,16,19)/t7?,8-/m0/s1. The van der Waals surface area contributed by atoms with Crippen LogP contribution in [-0.4, -0.2) is 41.4 Å². The van der Waals surface area contributed by atoms with Gasteiger partial charge in [-0.1, -0.05) is 6.08 Å². The molecular weight excluding hydrogens is 279 g/mol. The van der Waals surface area contributed by atoms with Crippen molar-refractivity contribution >= 4 is 11.9 Å². The highest BCUT2D eigenvalue weighted by atomic mass is 19.4. The quantitative estimate of drug-likeness (QED) is 0.590. The number of rotatable bonds is 5. The Morgan fingerprint density at radius 2 is 1.85 bits per heavy atom. The molecule has 0 rings (SSSR count). The number of amides is 1. The number of halogens is 3. The number of aliphatic hydroxyl groups excluding tert-OH is 1. The lowest BCUT2D eigenvalue weighted by Crippen LogP contribution is -2.52. The lowest BCUT2D eigenvalue weighted by molar-refractivity contribution is -0.178. The van der Waals surface area contributed by atoms with Crippen molar-refractivity contribution in [3.8, 4) is 0 Å². The minimum atomic E-state index is -5.14. The summed E-state index contributed by atoms with van der Waals surface area (Å²) in [6, 6.07) is -1.66. The summed E-state index contributed by atoms with van der Waals surface area (Å²) in [5.74, 6) is -4.45. The maximum atomic E-state index is 12.2. The molecule has 0 aliphatic carbocycles. The molecule has 1 amide bonds. The highest BCUT2D eigenvalue weighted by molar-refractivity contribution is 5.88. The van der Waals surface area contributed by atoms with Crippen molar-refractivity contribution in [1.29, 1.82) is 0 Å². The molecule has 1 unspecified atom stereocenters. The van der Waals surface area contributed by atoms with E-state index in [1.54, 1.807) is 0 Å². The molecule has 0 spiro atoms. The van der Waals surface area contributed by atoms with E-state index in [4.69, 9.17) is 9.84 Å². The summed E-state index contributed by atoms with van der Waals surface area (Å²) in [6.07, 6.45) is -4.06. The number of hydrogen-bond acceptors (Lipinski definition) is 4. The van der Waals surface area contributed by atoms with E-state index in [1.807, 2.05) is 0 Å². The number of hydrogen-bond donors (Lipinski definition) is 2. The van der Waals surface area contributed by atoms with Crippen molar-refractivity contribution in [2.45, 2.75) is 38.6 Å². The van der Waals surface area contributed by atoms with E-state index in [0.29, 0.717) is 0 Å². The average molecular weight is 297 g/mol. The van der Waals surface area contributed by atoms with Crippen LogP contribution in [0.15, 0.2) is 12.7 Å². The molecule has 0 aromatic carbocycles. The fourth-order valence-corrected chi connectivity index (χ4v) is 1.25. The highest BCUT2D eigenvalue weighted by Crippen LogP contribution is 2.18. The Kier molecular flexibility index (Phi) is 6.21. The zero-order chi connectivity index (χ0) is 16.1. The molecule has 0 radical (unpaired) electrons. The fraction of sp³-hybridized carbons (Fsp3) is 0.667. The van der Waals surface area contributed by atoms with Crippen molar-refractivity contribution in [2.75, 3.05) is 6.61 Å². The van der Waals surface area contributed by atoms with Crippen LogP contribution in [0.3, 0.4) is 0 Å². The van der Waals surface area contributed by atoms with Gasteiger partial charge in [-0.15, -0.1) is 6.58 Å². The van der Waals surface area contributed by atoms with Crippen LogP contribution in [-0.2, 0) is 14.3 Å². The normalized spacial score (nSPS) is 15.2. The van der Waals surface area contributed by atoms with Gasteiger partial charge in [0.05, 0.1) is 6.61 Å². The van der Waals surface area contributed by atoms with Crippen LogP contribution in [0, 0.1) is 5.92 Å². The average Bonchev–Trinajstić information content (AvgIpc) is 2.25. The molecule has 5 nitrogen and oxygen atoms in total. The molecule has 20 heavy (non-hydrogen) atoms. The van der Waals surface area contributed by atoms with Gasteiger partial charge in [0.25, 0.3) is 0 Å². The molecule has 0 aliphatic rings. The van der Waals surface area contributed by atoms with E-state index < -0.39 is 42.2 Å². The third kappa shape index (κ3) is 6.05. The minimum absolute atomic E-state index is 0.661. The molecule has 0 aromatic rings. The maximum Gasteiger partial charge on any atom is 0.471 e. The smallest absolute Gasteiger partial charge is 0.458 e. The Labute approximate surface area is 114 Å². The summed E-state index contributed by atoms with van der Waals surface area (Å²) in [5, 5.41) is 10.6. The first kappa shape index (κ1) is 18.4. The number of alkyl halides is 3. The van der Waals surface area contributed by atoms with Crippen LogP contribution in [0.1, 0.15) is 20.8 Å². The topological polar surface area (TPSA) is 75.6 Å². The zero-order valence-electron chi connectivity index (χ0n) is 11.5. The van der Waals surface area contributed by atoms with Crippen LogP contribution >= 0.6 is 0 Å². The summed E-state index contributed by atoms with van der Waals surface area (Å²) < 4.78 is 41.6. The second-order valence-electron chi connectivity index (χ2n) is 5.06. The number of ether oxygens (including phenoxy) is 1. The van der Waals surface area contributed by atoms with E-state index in [-0.39, 0.29) is 0 Å². The van der Waals surface area contributed by atoms with Crippen LogP contribution in [0.25, 0.3) is 0 Å². The van der Waals surface area contributed by atoms with Gasteiger partial charge in [0.15, 0.2) is 0 Å². The summed E-state index contributed by atoms with van der Waals surface area (Å²) in [7, 11) is 0. The number of aliphatic hydroxyl groups is 1. The summed E-state index contributed by atoms with van der Waals surface area (Å²) in [5.41, 5.74) is -0.945. The summed E-state index contributed by atoms with van der Waals surface area (Å²) >= 11 is 0. The van der Waals surface area contributed by atoms with Gasteiger partial charge >= 0.3 is 18.1 Å². The van der Waals surface area contributed by atoms with E-state index in [9.17, 15) is 22.8 Å². The van der Waals surface area contributed by atoms with Gasteiger partial charge in [-0.25, -0.2) is 4.79 Å². The van der Waals surface area contributed by atoms with Crippen LogP contribution < -0.4 is 5.32 Å². The Balaban J connectivity index is 5.14. The van der Waals surface area contributed by atoms with Crippen molar-refractivity contribution in [3.05, 3.63) is 12.7 Å². The fourth-order valence-electron chi connectivity index (χ4n) is 1.25. The van der Waals surface area contributed by atoms with E-state index in [2.05, 4.69) is 6.58 Å². The van der Waals surface area contributed by atoms with Crippen LogP contribution in [0.4, 0.5) is 13.2 Å². The zero-order valence-corrected chi connectivity index (χ0v) is 11.5. The monoisotopic (exact) mass is 297 g/mol. The third-order valence-corrected chi connectivity index (χ3v) is 2.15. The molecule has 0 fully saturated rings. The molecule has 0 saturated carbocycles. The third-order valence-electron chi connectivity index (χ3n) is 2.15. The predicted octanol–water partition coefficient (Wildman–Crippen LogP) is 1.17. The van der Waals surface area contributed by atoms with Crippen LogP contribution in [0.2, 0.25) is 0 Å². The highest BCUT2D eigenvalue weighted by Gasteiger charge is 2.43. The lowest BCUT2D eigenvalue weighted by atomic mass is 10.0. The predicted molar refractivity (Wildman–Crippen MR) is 64.6 cm³/mol. The molecule has 0 aliphatic heterocycles. The first-order valence-electron chi connectivity index (χ1n) is 5.76. The molecule has 116 valence electrons. The van der Waals surface area contributed by atoms with Crippen molar-refractivity contribution in [1.82, 2.24) is 5.32 Å². The van der Waals surface area contributed by atoms with Gasteiger partial charge in [0.1, 0.15) is 11.6 Å². The first-order valence-corrected chi connectivity index (χ1v) is 5.76. The Morgan fingerprint density at radius 1 is 1.35 bits per heavy atom. The number of carbonyl (C=O) groups excluding carboxylic acids is 2. The van der Waals surface area contributed by atoms with E-state index in [1.165, 1.54) is 26.1 Å². The molecule has 2 atom stereocenters. The van der Waals surface area contributed by atoms with Gasteiger partial charge in [0.2, 0.25) is 0 Å². The number of esters is 1. The molecule has 0 saturated heterocycles. The molecule has 0 bridgehead atoms. The van der Waals surface area contributed by atoms with Gasteiger partial charge in [0, 0.05) is 5.92 Å². The second-order valence-corrected chi connectivity index (χ2v) is 5.06. The SMILES string of the molecule is C=CC(CO)[C@H](NC(=O)C(F)(F)F)C(=O)OC(C)(C)C. The van der Waals surface area contributed by atoms with Gasteiger partial charge in [-0.3, -0.25) is 4.79 Å². The molecule has 8 heteroatoms. The molecule has 2 N–H and O–H groups in total. The van der Waals surface area contributed by atoms with Crippen LogP contribution in [0.5, 0.6) is 0 Å².